The Morgan fingerprint density at radius 3 is 2.45 bits per heavy atom. The fraction of sp³-hybridized carbons (Fsp3) is 0.739. The van der Waals surface area contributed by atoms with E-state index in [0.29, 0.717) is 24.5 Å². The van der Waals surface area contributed by atoms with Crippen LogP contribution in [0.5, 0.6) is 0 Å². The Bertz CT molecular complexity index is 789. The Labute approximate surface area is 184 Å². The third-order valence-corrected chi connectivity index (χ3v) is 6.03. The molecule has 0 bridgehead atoms. The summed E-state index contributed by atoms with van der Waals surface area (Å²) in [6, 6.07) is 1.28. The summed E-state index contributed by atoms with van der Waals surface area (Å²) in [5, 5.41) is 4.21. The topological polar surface area (TPSA) is 93.0 Å². The molecular weight excluding hydrogens is 398 g/mol. The number of carbonyl (C=O) groups is 3. The number of hydrogen-bond acceptors (Lipinski definition) is 7. The summed E-state index contributed by atoms with van der Waals surface area (Å²) in [6.07, 6.45) is 4.00. The smallest absolute Gasteiger partial charge is 0.329 e. The van der Waals surface area contributed by atoms with E-state index in [1.54, 1.807) is 4.90 Å². The number of carbonyl (C=O) groups excluding carboxylic acids is 3. The van der Waals surface area contributed by atoms with Crippen LogP contribution in [0.15, 0.2) is 10.6 Å². The number of esters is 1. The van der Waals surface area contributed by atoms with Crippen molar-refractivity contribution < 1.29 is 23.6 Å². The van der Waals surface area contributed by atoms with Crippen LogP contribution >= 0.6 is 0 Å². The van der Waals surface area contributed by atoms with Gasteiger partial charge in [0.05, 0.1) is 0 Å². The van der Waals surface area contributed by atoms with E-state index in [1.807, 2.05) is 40.7 Å². The van der Waals surface area contributed by atoms with Gasteiger partial charge in [0, 0.05) is 31.6 Å². The molecule has 2 saturated heterocycles. The van der Waals surface area contributed by atoms with Gasteiger partial charge in [-0.05, 0) is 52.4 Å². The molecule has 1 aromatic rings. The zero-order chi connectivity index (χ0) is 22.8. The average Bonchev–Trinajstić information content (AvgIpc) is 3.36. The van der Waals surface area contributed by atoms with E-state index in [9.17, 15) is 14.4 Å². The number of aldehydes is 1. The third kappa shape index (κ3) is 5.46. The molecule has 2 aliphatic rings. The van der Waals surface area contributed by atoms with Crippen molar-refractivity contribution in [1.29, 1.82) is 0 Å². The predicted octanol–water partition coefficient (Wildman–Crippen LogP) is 3.16. The van der Waals surface area contributed by atoms with Gasteiger partial charge in [-0.3, -0.25) is 4.79 Å². The molecule has 1 aromatic heterocycles. The third-order valence-electron chi connectivity index (χ3n) is 6.03. The van der Waals surface area contributed by atoms with Crippen LogP contribution in [0, 0.1) is 11.8 Å². The van der Waals surface area contributed by atoms with Crippen molar-refractivity contribution in [3.05, 3.63) is 11.8 Å². The first kappa shape index (κ1) is 23.3. The lowest BCUT2D eigenvalue weighted by Gasteiger charge is -2.30. The molecule has 8 nitrogen and oxygen atoms in total. The lowest BCUT2D eigenvalue weighted by atomic mass is 9.91. The van der Waals surface area contributed by atoms with Gasteiger partial charge in [0.15, 0.2) is 11.6 Å². The molecule has 0 saturated carbocycles. The van der Waals surface area contributed by atoms with Gasteiger partial charge in [-0.2, -0.15) is 0 Å². The van der Waals surface area contributed by atoms with Crippen LogP contribution in [0.1, 0.15) is 72.0 Å². The van der Waals surface area contributed by atoms with Gasteiger partial charge >= 0.3 is 5.97 Å². The first-order chi connectivity index (χ1) is 14.6. The Kier molecular flexibility index (Phi) is 7.06. The van der Waals surface area contributed by atoms with Crippen molar-refractivity contribution in [2.45, 2.75) is 77.9 Å². The maximum atomic E-state index is 13.5. The Morgan fingerprint density at radius 1 is 1.19 bits per heavy atom. The quantitative estimate of drug-likeness (QED) is 0.502. The molecule has 31 heavy (non-hydrogen) atoms. The number of amides is 1. The van der Waals surface area contributed by atoms with Crippen LogP contribution in [0.25, 0.3) is 0 Å². The second kappa shape index (κ2) is 9.40. The molecule has 0 aromatic carbocycles. The maximum Gasteiger partial charge on any atom is 0.329 e. The van der Waals surface area contributed by atoms with Gasteiger partial charge < -0.3 is 23.9 Å². The fourth-order valence-corrected chi connectivity index (χ4v) is 4.40. The summed E-state index contributed by atoms with van der Waals surface area (Å²) in [7, 11) is 0. The van der Waals surface area contributed by atoms with Gasteiger partial charge in [0.1, 0.15) is 23.8 Å². The molecule has 2 fully saturated rings. The molecule has 0 unspecified atom stereocenters. The molecule has 0 spiro atoms. The summed E-state index contributed by atoms with van der Waals surface area (Å²) >= 11 is 0. The van der Waals surface area contributed by atoms with E-state index < -0.39 is 17.6 Å². The number of rotatable bonds is 6. The summed E-state index contributed by atoms with van der Waals surface area (Å²) in [5.41, 5.74) is -0.594. The van der Waals surface area contributed by atoms with Gasteiger partial charge in [0.2, 0.25) is 5.91 Å². The van der Waals surface area contributed by atoms with Crippen molar-refractivity contribution in [3.8, 4) is 0 Å². The van der Waals surface area contributed by atoms with Crippen molar-refractivity contribution in [2.24, 2.45) is 11.8 Å². The zero-order valence-corrected chi connectivity index (χ0v) is 19.3. The fourth-order valence-electron chi connectivity index (χ4n) is 4.40. The molecular formula is C23H35N3O5. The van der Waals surface area contributed by atoms with Gasteiger partial charge in [-0.25, -0.2) is 4.79 Å². The van der Waals surface area contributed by atoms with E-state index in [-0.39, 0.29) is 23.7 Å². The van der Waals surface area contributed by atoms with Crippen molar-refractivity contribution in [2.75, 3.05) is 24.5 Å². The van der Waals surface area contributed by atoms with Crippen LogP contribution < -0.4 is 4.90 Å². The molecule has 8 heteroatoms. The largest absolute Gasteiger partial charge is 0.458 e. The molecule has 1 amide bonds. The zero-order valence-electron chi connectivity index (χ0n) is 19.3. The van der Waals surface area contributed by atoms with Crippen molar-refractivity contribution in [3.63, 3.8) is 0 Å². The number of anilines is 1. The van der Waals surface area contributed by atoms with Crippen LogP contribution in [0.2, 0.25) is 0 Å². The van der Waals surface area contributed by atoms with E-state index in [0.717, 1.165) is 38.6 Å². The number of aromatic nitrogens is 1. The minimum atomic E-state index is -0.594. The molecule has 0 N–H and O–H groups in total. The highest BCUT2D eigenvalue weighted by atomic mass is 16.6. The lowest BCUT2D eigenvalue weighted by Crippen LogP contribution is -2.46. The number of likely N-dealkylation sites (tertiary alicyclic amines) is 1. The van der Waals surface area contributed by atoms with E-state index in [4.69, 9.17) is 9.26 Å². The molecule has 0 aliphatic carbocycles. The molecule has 3 rings (SSSR count). The van der Waals surface area contributed by atoms with E-state index in [2.05, 4.69) is 10.1 Å². The highest BCUT2D eigenvalue weighted by molar-refractivity contribution is 5.89. The van der Waals surface area contributed by atoms with E-state index >= 15 is 0 Å². The lowest BCUT2D eigenvalue weighted by molar-refractivity contribution is -0.163. The van der Waals surface area contributed by atoms with Gasteiger partial charge in [0.25, 0.3) is 0 Å². The normalized spacial score (nSPS) is 21.4. The molecule has 3 heterocycles. The standard InChI is InChI=1S/C23H35N3O5/c1-15(2)20(18-13-19(24-31-18)25-11-8-16(14-27)9-12-25)21(28)26-10-6-7-17(26)22(29)30-23(3,4)5/h13-17,20H,6-12H2,1-5H3/t17-,20+/m0/s1. The van der Waals surface area contributed by atoms with Crippen LogP contribution in [0.4, 0.5) is 5.82 Å². The first-order valence-corrected chi connectivity index (χ1v) is 11.3. The first-order valence-electron chi connectivity index (χ1n) is 11.3. The van der Waals surface area contributed by atoms with Crippen molar-refractivity contribution in [1.82, 2.24) is 10.1 Å². The molecule has 172 valence electrons. The summed E-state index contributed by atoms with van der Waals surface area (Å²) < 4.78 is 11.2. The molecule has 2 aliphatic heterocycles. The number of ether oxygens (including phenoxy) is 1. The van der Waals surface area contributed by atoms with Crippen LogP contribution in [-0.4, -0.2) is 59.5 Å². The second-order valence-electron chi connectivity index (χ2n) is 9.99. The maximum absolute atomic E-state index is 13.5. The summed E-state index contributed by atoms with van der Waals surface area (Å²) in [6.45, 7) is 11.4. The monoisotopic (exact) mass is 433 g/mol. The Balaban J connectivity index is 1.75. The molecule has 0 radical (unpaired) electrons. The number of hydrogen-bond donors (Lipinski definition) is 0. The SMILES string of the molecule is CC(C)[C@@H](C(=O)N1CCC[C@H]1C(=O)OC(C)(C)C)c1cc(N2CCC(C=O)CC2)no1. The highest BCUT2D eigenvalue weighted by Gasteiger charge is 2.41. The molecule has 2 atom stereocenters. The number of piperidine rings is 1. The summed E-state index contributed by atoms with van der Waals surface area (Å²) in [4.78, 5) is 40.9. The van der Waals surface area contributed by atoms with Gasteiger partial charge in [-0.15, -0.1) is 0 Å². The highest BCUT2D eigenvalue weighted by Crippen LogP contribution is 2.33. The minimum absolute atomic E-state index is 0.0195. The van der Waals surface area contributed by atoms with Gasteiger partial charge in [-0.1, -0.05) is 19.0 Å². The van der Waals surface area contributed by atoms with Crippen LogP contribution in [0.3, 0.4) is 0 Å². The predicted molar refractivity (Wildman–Crippen MR) is 116 cm³/mol. The second-order valence-corrected chi connectivity index (χ2v) is 9.99. The van der Waals surface area contributed by atoms with E-state index in [1.165, 1.54) is 0 Å². The summed E-state index contributed by atoms with van der Waals surface area (Å²) in [5.74, 6) is 0.312. The minimum Gasteiger partial charge on any atom is -0.458 e. The number of nitrogens with zero attached hydrogens (tertiary/aromatic N) is 3. The Hall–Kier alpha value is -2.38. The average molecular weight is 434 g/mol. The van der Waals surface area contributed by atoms with Crippen molar-refractivity contribution >= 4 is 24.0 Å². The van der Waals surface area contributed by atoms with Crippen LogP contribution in [-0.2, 0) is 19.1 Å². The Morgan fingerprint density at radius 2 is 1.87 bits per heavy atom.